The van der Waals surface area contributed by atoms with Crippen molar-refractivity contribution in [1.82, 2.24) is 24.7 Å². The Bertz CT molecular complexity index is 1390. The molecule has 5 rings (SSSR count). The Balaban J connectivity index is 1.47. The van der Waals surface area contributed by atoms with Crippen molar-refractivity contribution in [3.63, 3.8) is 0 Å². The molecule has 4 aromatic rings. The number of carbonyl (C=O) groups is 1. The first kappa shape index (κ1) is 20.3. The summed E-state index contributed by atoms with van der Waals surface area (Å²) < 4.78 is 21.1. The van der Waals surface area contributed by atoms with Crippen LogP contribution in [0.5, 0.6) is 5.88 Å². The van der Waals surface area contributed by atoms with E-state index < -0.39 is 17.2 Å². The van der Waals surface area contributed by atoms with Crippen LogP contribution in [0, 0.1) is 22.6 Å². The molecule has 11 heteroatoms. The molecular formula is C22H16FN7O3. The molecule has 0 saturated heterocycles. The Morgan fingerprint density at radius 1 is 1.33 bits per heavy atom. The average molecular weight is 445 g/mol. The van der Waals surface area contributed by atoms with Crippen LogP contribution in [-0.2, 0) is 11.3 Å². The van der Waals surface area contributed by atoms with Crippen molar-refractivity contribution in [2.75, 3.05) is 5.32 Å². The topological polar surface area (TPSA) is 143 Å². The second-order valence-electron chi connectivity index (χ2n) is 7.58. The van der Waals surface area contributed by atoms with Gasteiger partial charge >= 0.3 is 0 Å². The summed E-state index contributed by atoms with van der Waals surface area (Å²) in [6.45, 7) is 0.0980. The molecule has 1 aromatic carbocycles. The fourth-order valence-corrected chi connectivity index (χ4v) is 3.30. The molecule has 0 bridgehead atoms. The Morgan fingerprint density at radius 2 is 2.15 bits per heavy atom. The number of rotatable bonds is 6. The van der Waals surface area contributed by atoms with Gasteiger partial charge in [0.2, 0.25) is 17.7 Å². The van der Waals surface area contributed by atoms with Gasteiger partial charge in [-0.3, -0.25) is 9.48 Å². The van der Waals surface area contributed by atoms with Gasteiger partial charge in [0.25, 0.3) is 0 Å². The first-order valence-electron chi connectivity index (χ1n) is 9.99. The summed E-state index contributed by atoms with van der Waals surface area (Å²) in [4.78, 5) is 24.6. The van der Waals surface area contributed by atoms with Crippen LogP contribution in [0.25, 0.3) is 23.1 Å². The van der Waals surface area contributed by atoms with Crippen molar-refractivity contribution < 1.29 is 18.7 Å². The molecule has 10 nitrogen and oxygen atoms in total. The molecule has 1 aliphatic rings. The number of oxazole rings is 1. The highest BCUT2D eigenvalue weighted by Crippen LogP contribution is 2.46. The number of benzene rings is 1. The minimum absolute atomic E-state index is 0.0102. The van der Waals surface area contributed by atoms with Gasteiger partial charge in [0.15, 0.2) is 5.82 Å². The van der Waals surface area contributed by atoms with E-state index in [0.717, 1.165) is 0 Å². The Kier molecular flexibility index (Phi) is 4.82. The maximum atomic E-state index is 14.2. The van der Waals surface area contributed by atoms with Gasteiger partial charge in [-0.1, -0.05) is 18.2 Å². The Hall–Kier alpha value is -4.59. The van der Waals surface area contributed by atoms with Crippen LogP contribution in [-0.4, -0.2) is 35.7 Å². The van der Waals surface area contributed by atoms with E-state index >= 15 is 0 Å². The third-order valence-corrected chi connectivity index (χ3v) is 5.35. The lowest BCUT2D eigenvalue weighted by Gasteiger charge is -2.09. The number of anilines is 1. The van der Waals surface area contributed by atoms with Gasteiger partial charge in [-0.05, 0) is 18.9 Å². The van der Waals surface area contributed by atoms with Gasteiger partial charge in [-0.25, -0.2) is 14.4 Å². The molecule has 3 heterocycles. The highest BCUT2D eigenvalue weighted by atomic mass is 19.1. The largest absolute Gasteiger partial charge is 0.492 e. The second kappa shape index (κ2) is 7.83. The summed E-state index contributed by atoms with van der Waals surface area (Å²) in [5.41, 5.74) is 0.0886. The summed E-state index contributed by atoms with van der Waals surface area (Å²) in [5.74, 6) is -1.01. The van der Waals surface area contributed by atoms with Crippen molar-refractivity contribution in [2.45, 2.75) is 19.4 Å². The summed E-state index contributed by atoms with van der Waals surface area (Å²) in [6, 6.07) is 9.91. The van der Waals surface area contributed by atoms with E-state index in [9.17, 15) is 14.3 Å². The summed E-state index contributed by atoms with van der Waals surface area (Å²) in [6.07, 6.45) is 5.06. The number of carbonyl (C=O) groups excluding carboxylic acids is 1. The molecule has 33 heavy (non-hydrogen) atoms. The van der Waals surface area contributed by atoms with E-state index in [1.54, 1.807) is 24.3 Å². The quantitative estimate of drug-likeness (QED) is 0.461. The molecule has 1 fully saturated rings. The smallest absolute Gasteiger partial charge is 0.245 e. The van der Waals surface area contributed by atoms with Gasteiger partial charge in [0, 0.05) is 11.6 Å². The average Bonchev–Trinajstić information content (AvgIpc) is 3.22. The number of hydrogen-bond donors (Lipinski definition) is 2. The molecule has 0 radical (unpaired) electrons. The highest BCUT2D eigenvalue weighted by molar-refractivity contribution is 5.99. The van der Waals surface area contributed by atoms with Gasteiger partial charge in [-0.15, -0.1) is 0 Å². The van der Waals surface area contributed by atoms with E-state index in [4.69, 9.17) is 9.68 Å². The number of aromatic hydroxyl groups is 1. The predicted octanol–water partition coefficient (Wildman–Crippen LogP) is 3.13. The predicted molar refractivity (Wildman–Crippen MR) is 112 cm³/mol. The number of halogens is 1. The lowest BCUT2D eigenvalue weighted by Crippen LogP contribution is -2.23. The zero-order chi connectivity index (χ0) is 23.0. The monoisotopic (exact) mass is 445 g/mol. The standard InChI is InChI=1S/C22H16FN7O3/c23-14-4-2-1-3-13(14)11-30-17(20-25-7-8-33-20)9-15(29-30)18-26-10-16(19(31)28-18)27-21(32)22(12-24)5-6-22/h1-4,7-10H,5-6,11H2,(H,27,32)(H,26,28,31). The first-order valence-corrected chi connectivity index (χ1v) is 9.99. The molecule has 1 saturated carbocycles. The number of nitrogens with one attached hydrogen (secondary N) is 1. The highest BCUT2D eigenvalue weighted by Gasteiger charge is 2.50. The molecule has 0 spiro atoms. The molecule has 0 unspecified atom stereocenters. The third-order valence-electron chi connectivity index (χ3n) is 5.35. The minimum Gasteiger partial charge on any atom is -0.492 e. The molecule has 0 atom stereocenters. The van der Waals surface area contributed by atoms with Crippen molar-refractivity contribution >= 4 is 11.6 Å². The van der Waals surface area contributed by atoms with Crippen molar-refractivity contribution in [2.24, 2.45) is 5.41 Å². The SMILES string of the molecule is N#CC1(C(=O)Nc2cnc(-c3cc(-c4ncco4)n(Cc4ccccc4F)n3)nc2O)CC1. The normalized spacial score (nSPS) is 13.9. The van der Waals surface area contributed by atoms with E-state index in [-0.39, 0.29) is 35.5 Å². The van der Waals surface area contributed by atoms with Crippen LogP contribution in [0.3, 0.4) is 0 Å². The fourth-order valence-electron chi connectivity index (χ4n) is 3.30. The maximum absolute atomic E-state index is 14.2. The molecule has 3 aromatic heterocycles. The van der Waals surface area contributed by atoms with Crippen LogP contribution in [0.4, 0.5) is 10.1 Å². The zero-order valence-corrected chi connectivity index (χ0v) is 17.1. The molecule has 2 N–H and O–H groups in total. The summed E-state index contributed by atoms with van der Waals surface area (Å²) >= 11 is 0. The number of hydrogen-bond acceptors (Lipinski definition) is 8. The van der Waals surface area contributed by atoms with E-state index in [1.807, 2.05) is 6.07 Å². The number of amides is 1. The van der Waals surface area contributed by atoms with Gasteiger partial charge in [0.05, 0.1) is 25.0 Å². The molecule has 0 aliphatic heterocycles. The number of aromatic nitrogens is 5. The lowest BCUT2D eigenvalue weighted by molar-refractivity contribution is -0.119. The van der Waals surface area contributed by atoms with Gasteiger partial charge in [-0.2, -0.15) is 15.3 Å². The molecule has 164 valence electrons. The Labute approximate surface area is 186 Å². The fraction of sp³-hybridized carbons (Fsp3) is 0.182. The van der Waals surface area contributed by atoms with Crippen LogP contribution in [0.15, 0.2) is 53.4 Å². The number of nitrogens with zero attached hydrogens (tertiary/aromatic N) is 6. The van der Waals surface area contributed by atoms with Gasteiger partial charge < -0.3 is 14.8 Å². The summed E-state index contributed by atoms with van der Waals surface area (Å²) in [7, 11) is 0. The van der Waals surface area contributed by atoms with Gasteiger partial charge in [0.1, 0.15) is 34.6 Å². The van der Waals surface area contributed by atoms with Crippen LogP contribution in [0.1, 0.15) is 18.4 Å². The van der Waals surface area contributed by atoms with E-state index in [0.29, 0.717) is 24.1 Å². The molecule has 1 aliphatic carbocycles. The van der Waals surface area contributed by atoms with Crippen LogP contribution >= 0.6 is 0 Å². The van der Waals surface area contributed by atoms with E-state index in [1.165, 1.54) is 29.4 Å². The zero-order valence-electron chi connectivity index (χ0n) is 17.1. The van der Waals surface area contributed by atoms with Crippen molar-refractivity contribution in [1.29, 1.82) is 5.26 Å². The maximum Gasteiger partial charge on any atom is 0.245 e. The van der Waals surface area contributed by atoms with Crippen molar-refractivity contribution in [3.05, 3.63) is 60.4 Å². The lowest BCUT2D eigenvalue weighted by atomic mass is 10.1. The minimum atomic E-state index is -1.05. The van der Waals surface area contributed by atoms with E-state index in [2.05, 4.69) is 25.4 Å². The second-order valence-corrected chi connectivity index (χ2v) is 7.58. The van der Waals surface area contributed by atoms with Crippen LogP contribution < -0.4 is 5.32 Å². The van der Waals surface area contributed by atoms with Crippen molar-refractivity contribution in [3.8, 4) is 35.1 Å². The van der Waals surface area contributed by atoms with Crippen LogP contribution in [0.2, 0.25) is 0 Å². The molecular weight excluding hydrogens is 429 g/mol. The number of nitriles is 1. The molecule has 1 amide bonds. The summed E-state index contributed by atoms with van der Waals surface area (Å²) in [5, 5.41) is 26.4. The third kappa shape index (κ3) is 3.78. The Morgan fingerprint density at radius 3 is 2.82 bits per heavy atom. The first-order chi connectivity index (χ1) is 16.0.